The van der Waals surface area contributed by atoms with Crippen LogP contribution in [0.5, 0.6) is 0 Å². The first kappa shape index (κ1) is 23.9. The zero-order valence-electron chi connectivity index (χ0n) is 16.6. The van der Waals surface area contributed by atoms with Gasteiger partial charge in [-0.15, -0.1) is 0 Å². The number of allylic oxidation sites excluding steroid dienone is 1. The summed E-state index contributed by atoms with van der Waals surface area (Å²) in [4.78, 5) is 57.2. The van der Waals surface area contributed by atoms with Crippen LogP contribution in [0.2, 0.25) is 0 Å². The van der Waals surface area contributed by atoms with Gasteiger partial charge in [0.1, 0.15) is 13.2 Å². The molecule has 4 unspecified atom stereocenters. The van der Waals surface area contributed by atoms with Crippen LogP contribution in [-0.2, 0) is 47.7 Å². The maximum Gasteiger partial charge on any atom is 0.348 e. The number of cyclic esters (lactones) is 1. The van der Waals surface area contributed by atoms with Gasteiger partial charge in [-0.05, 0) is 19.1 Å². The molecule has 0 aromatic rings. The second-order valence-electron chi connectivity index (χ2n) is 6.08. The summed E-state index contributed by atoms with van der Waals surface area (Å²) in [5.74, 6) is -4.03. The van der Waals surface area contributed by atoms with Gasteiger partial charge in [-0.25, -0.2) is 9.59 Å². The Hall–Kier alpha value is -3.17. The van der Waals surface area contributed by atoms with Gasteiger partial charge in [-0.1, -0.05) is 6.08 Å². The molecule has 1 aliphatic rings. The zero-order valence-corrected chi connectivity index (χ0v) is 16.6. The summed E-state index contributed by atoms with van der Waals surface area (Å²) in [5.41, 5.74) is 0. The number of rotatable bonds is 9. The van der Waals surface area contributed by atoms with Gasteiger partial charge in [0, 0.05) is 26.8 Å². The highest BCUT2D eigenvalue weighted by atomic mass is 16.6. The highest BCUT2D eigenvalue weighted by molar-refractivity contribution is 5.83. The summed E-state index contributed by atoms with van der Waals surface area (Å²) in [7, 11) is 0. The average Bonchev–Trinajstić information content (AvgIpc) is 2.95. The van der Waals surface area contributed by atoms with Gasteiger partial charge >= 0.3 is 29.8 Å². The summed E-state index contributed by atoms with van der Waals surface area (Å²) in [6, 6.07) is 0. The predicted octanol–water partition coefficient (Wildman–Crippen LogP) is 0.630. The Kier molecular flexibility index (Phi) is 9.57. The molecule has 0 aliphatic carbocycles. The number of carbonyl (C=O) groups excluding carboxylic acids is 5. The lowest BCUT2D eigenvalue weighted by Crippen LogP contribution is -2.32. The molecule has 0 spiro atoms. The molecule has 0 aromatic carbocycles. The molecule has 1 rings (SSSR count). The summed E-state index contributed by atoms with van der Waals surface area (Å²) in [5, 5.41) is 0. The molecular formula is C19H24O10. The Balaban J connectivity index is 2.74. The smallest absolute Gasteiger partial charge is 0.348 e. The van der Waals surface area contributed by atoms with Gasteiger partial charge in [0.25, 0.3) is 0 Å². The monoisotopic (exact) mass is 412 g/mol. The summed E-state index contributed by atoms with van der Waals surface area (Å²) < 4.78 is 24.9. The lowest BCUT2D eigenvalue weighted by Gasteiger charge is -2.21. The number of hydrogen-bond acceptors (Lipinski definition) is 10. The van der Waals surface area contributed by atoms with Crippen molar-refractivity contribution in [2.75, 3.05) is 13.2 Å². The molecule has 0 saturated carbocycles. The molecule has 1 fully saturated rings. The molecule has 160 valence electrons. The molecule has 1 aliphatic heterocycles. The van der Waals surface area contributed by atoms with Crippen LogP contribution in [0.25, 0.3) is 0 Å². The molecule has 0 amide bonds. The molecule has 0 aromatic heterocycles. The molecule has 4 atom stereocenters. The molecule has 10 heteroatoms. The van der Waals surface area contributed by atoms with E-state index in [9.17, 15) is 24.0 Å². The number of esters is 5. The van der Waals surface area contributed by atoms with Gasteiger partial charge in [0.15, 0.2) is 12.2 Å². The van der Waals surface area contributed by atoms with Gasteiger partial charge in [-0.3, -0.25) is 14.4 Å². The van der Waals surface area contributed by atoms with Crippen LogP contribution in [0, 0.1) is 5.92 Å². The van der Waals surface area contributed by atoms with E-state index in [0.717, 1.165) is 13.0 Å². The van der Waals surface area contributed by atoms with Crippen LogP contribution in [0.1, 0.15) is 27.7 Å². The number of carbonyl (C=O) groups is 5. The van der Waals surface area contributed by atoms with Crippen LogP contribution >= 0.6 is 0 Å². The minimum Gasteiger partial charge on any atom is -0.462 e. The third kappa shape index (κ3) is 8.58. The Labute approximate surface area is 167 Å². The predicted molar refractivity (Wildman–Crippen MR) is 96.0 cm³/mol. The quantitative estimate of drug-likeness (QED) is 0.230. The van der Waals surface area contributed by atoms with E-state index in [1.54, 1.807) is 13.0 Å². The maximum absolute atomic E-state index is 12.0. The van der Waals surface area contributed by atoms with Crippen LogP contribution in [-0.4, -0.2) is 61.4 Å². The molecule has 0 radical (unpaired) electrons. The first-order chi connectivity index (χ1) is 13.6. The van der Waals surface area contributed by atoms with E-state index in [2.05, 4.69) is 0 Å². The Morgan fingerprint density at radius 3 is 2.14 bits per heavy atom. The number of hydrogen-bond donors (Lipinski definition) is 0. The van der Waals surface area contributed by atoms with Crippen molar-refractivity contribution in [3.05, 3.63) is 24.3 Å². The number of ether oxygens (including phenoxy) is 5. The highest BCUT2D eigenvalue weighted by Crippen LogP contribution is 2.19. The fraction of sp³-hybridized carbons (Fsp3) is 0.526. The first-order valence-corrected chi connectivity index (χ1v) is 8.80. The van der Waals surface area contributed by atoms with E-state index < -0.39 is 54.1 Å². The van der Waals surface area contributed by atoms with Crippen LogP contribution in [0.4, 0.5) is 0 Å². The SMILES string of the molecule is C/C=C/C(OC(C)=O)C(/C=C/C(=O)OCC1COC(=O)C1OC(C)=O)OC(C)=O. The van der Waals surface area contributed by atoms with E-state index in [4.69, 9.17) is 23.7 Å². The fourth-order valence-corrected chi connectivity index (χ4v) is 2.43. The molecule has 0 N–H and O–H groups in total. The second-order valence-corrected chi connectivity index (χ2v) is 6.08. The van der Waals surface area contributed by atoms with Crippen molar-refractivity contribution >= 4 is 29.8 Å². The highest BCUT2D eigenvalue weighted by Gasteiger charge is 2.40. The summed E-state index contributed by atoms with van der Waals surface area (Å²) in [6.45, 7) is 4.92. The van der Waals surface area contributed by atoms with Gasteiger partial charge in [0.2, 0.25) is 6.10 Å². The molecule has 10 nitrogen and oxygen atoms in total. The standard InChI is InChI=1S/C19H24O10/c1-5-6-15(27-11(2)20)16(28-12(3)21)7-8-17(23)25-9-14-10-26-19(24)18(14)29-13(4)22/h5-8,14-16,18H,9-10H2,1-4H3/b6-5+,8-7+. The Morgan fingerprint density at radius 2 is 1.62 bits per heavy atom. The average molecular weight is 412 g/mol. The van der Waals surface area contributed by atoms with Gasteiger partial charge < -0.3 is 23.7 Å². The van der Waals surface area contributed by atoms with E-state index in [-0.39, 0.29) is 13.2 Å². The third-order valence-corrected chi connectivity index (χ3v) is 3.56. The summed E-state index contributed by atoms with van der Waals surface area (Å²) >= 11 is 0. The molecule has 1 heterocycles. The lowest BCUT2D eigenvalue weighted by molar-refractivity contribution is -0.160. The van der Waals surface area contributed by atoms with Crippen LogP contribution in [0.3, 0.4) is 0 Å². The van der Waals surface area contributed by atoms with Crippen LogP contribution < -0.4 is 0 Å². The topological polar surface area (TPSA) is 132 Å². The molecule has 1 saturated heterocycles. The van der Waals surface area contributed by atoms with Crippen molar-refractivity contribution in [3.8, 4) is 0 Å². The van der Waals surface area contributed by atoms with Crippen molar-refractivity contribution in [2.45, 2.75) is 46.0 Å². The largest absolute Gasteiger partial charge is 0.462 e. The van der Waals surface area contributed by atoms with E-state index in [1.807, 2.05) is 0 Å². The molecule has 29 heavy (non-hydrogen) atoms. The second kappa shape index (κ2) is 11.6. The van der Waals surface area contributed by atoms with E-state index in [0.29, 0.717) is 0 Å². The van der Waals surface area contributed by atoms with E-state index in [1.165, 1.54) is 26.0 Å². The van der Waals surface area contributed by atoms with Gasteiger partial charge in [0.05, 0.1) is 5.92 Å². The van der Waals surface area contributed by atoms with Crippen molar-refractivity contribution in [1.29, 1.82) is 0 Å². The Morgan fingerprint density at radius 1 is 1.03 bits per heavy atom. The van der Waals surface area contributed by atoms with Gasteiger partial charge in [-0.2, -0.15) is 0 Å². The van der Waals surface area contributed by atoms with E-state index >= 15 is 0 Å². The Bertz CT molecular complexity index is 693. The minimum atomic E-state index is -1.14. The summed E-state index contributed by atoms with van der Waals surface area (Å²) in [6.07, 6.45) is 2.20. The van der Waals surface area contributed by atoms with Crippen molar-refractivity contribution in [3.63, 3.8) is 0 Å². The molecule has 0 bridgehead atoms. The normalized spacial score (nSPS) is 20.8. The van der Waals surface area contributed by atoms with Crippen molar-refractivity contribution in [1.82, 2.24) is 0 Å². The van der Waals surface area contributed by atoms with Crippen molar-refractivity contribution < 1.29 is 47.7 Å². The molecular weight excluding hydrogens is 388 g/mol. The zero-order chi connectivity index (χ0) is 22.0. The first-order valence-electron chi connectivity index (χ1n) is 8.80. The van der Waals surface area contributed by atoms with Crippen molar-refractivity contribution in [2.24, 2.45) is 5.92 Å². The maximum atomic E-state index is 12.0. The lowest BCUT2D eigenvalue weighted by atomic mass is 10.1. The third-order valence-electron chi connectivity index (χ3n) is 3.56. The fourth-order valence-electron chi connectivity index (χ4n) is 2.43. The minimum absolute atomic E-state index is 0.0559. The van der Waals surface area contributed by atoms with Crippen LogP contribution in [0.15, 0.2) is 24.3 Å².